The van der Waals surface area contributed by atoms with Crippen molar-refractivity contribution in [3.63, 3.8) is 0 Å². The Hall–Kier alpha value is -1.45. The van der Waals surface area contributed by atoms with E-state index in [9.17, 15) is 4.39 Å². The Morgan fingerprint density at radius 2 is 1.90 bits per heavy atom. The number of benzene rings is 2. The smallest absolute Gasteiger partial charge is 0.160 e. The fourth-order valence-electron chi connectivity index (χ4n) is 2.40. The van der Waals surface area contributed by atoms with Gasteiger partial charge in [0.2, 0.25) is 0 Å². The largest absolute Gasteiger partial charge is 0.493 e. The molecule has 0 radical (unpaired) electrons. The molecule has 110 valence electrons. The minimum atomic E-state index is -0.581. The van der Waals surface area contributed by atoms with Crippen molar-refractivity contribution in [2.24, 2.45) is 0 Å². The standard InChI is InChI=1S/C16H14Cl2FNO/c17-13-8-12(9-14(18)16(13)19)20-5-3-10-1-2-15-11(7-10)4-6-21-15/h1-2,7-9,20H,3-6H2. The molecule has 0 atom stereocenters. The van der Waals surface area contributed by atoms with Gasteiger partial charge in [-0.05, 0) is 35.7 Å². The van der Waals surface area contributed by atoms with Gasteiger partial charge in [-0.1, -0.05) is 35.3 Å². The summed E-state index contributed by atoms with van der Waals surface area (Å²) in [6.07, 6.45) is 1.83. The number of rotatable bonds is 4. The summed E-state index contributed by atoms with van der Waals surface area (Å²) in [5.74, 6) is 0.409. The molecule has 2 aromatic carbocycles. The molecule has 2 aromatic rings. The molecule has 1 aliphatic rings. The van der Waals surface area contributed by atoms with Gasteiger partial charge in [-0.25, -0.2) is 4.39 Å². The van der Waals surface area contributed by atoms with E-state index in [-0.39, 0.29) is 10.0 Å². The van der Waals surface area contributed by atoms with Gasteiger partial charge in [0, 0.05) is 18.7 Å². The van der Waals surface area contributed by atoms with Crippen LogP contribution in [0, 0.1) is 5.82 Å². The Morgan fingerprint density at radius 1 is 1.14 bits per heavy atom. The number of halogens is 3. The minimum absolute atomic E-state index is 0.0275. The maximum absolute atomic E-state index is 13.3. The van der Waals surface area contributed by atoms with Crippen LogP contribution in [0.25, 0.3) is 0 Å². The maximum Gasteiger partial charge on any atom is 0.160 e. The maximum atomic E-state index is 13.3. The van der Waals surface area contributed by atoms with Crippen molar-refractivity contribution >= 4 is 28.9 Å². The Balaban J connectivity index is 1.61. The molecule has 0 spiro atoms. The first-order valence-electron chi connectivity index (χ1n) is 6.76. The summed E-state index contributed by atoms with van der Waals surface area (Å²) >= 11 is 11.5. The highest BCUT2D eigenvalue weighted by Gasteiger charge is 2.12. The molecule has 0 aromatic heterocycles. The second-order valence-electron chi connectivity index (χ2n) is 4.97. The van der Waals surface area contributed by atoms with E-state index in [1.807, 2.05) is 6.07 Å². The lowest BCUT2D eigenvalue weighted by atomic mass is 10.1. The zero-order valence-electron chi connectivity index (χ0n) is 11.3. The van der Waals surface area contributed by atoms with Crippen molar-refractivity contribution in [1.82, 2.24) is 0 Å². The first kappa shape index (κ1) is 14.5. The van der Waals surface area contributed by atoms with Gasteiger partial charge in [-0.3, -0.25) is 0 Å². The highest BCUT2D eigenvalue weighted by atomic mass is 35.5. The topological polar surface area (TPSA) is 21.3 Å². The number of anilines is 1. The summed E-state index contributed by atoms with van der Waals surface area (Å²) in [6.45, 7) is 1.49. The van der Waals surface area contributed by atoms with Crippen LogP contribution in [0.1, 0.15) is 11.1 Å². The van der Waals surface area contributed by atoms with Crippen LogP contribution < -0.4 is 10.1 Å². The lowest BCUT2D eigenvalue weighted by Crippen LogP contribution is -2.05. The van der Waals surface area contributed by atoms with Crippen LogP contribution in [-0.4, -0.2) is 13.2 Å². The third-order valence-electron chi connectivity index (χ3n) is 3.48. The SMILES string of the molecule is Fc1c(Cl)cc(NCCc2ccc3c(c2)CCO3)cc1Cl. The monoisotopic (exact) mass is 325 g/mol. The molecule has 21 heavy (non-hydrogen) atoms. The average Bonchev–Trinajstić information content (AvgIpc) is 2.92. The van der Waals surface area contributed by atoms with E-state index in [0.717, 1.165) is 37.4 Å². The summed E-state index contributed by atoms with van der Waals surface area (Å²) in [5, 5.41) is 3.26. The molecule has 0 aliphatic carbocycles. The van der Waals surface area contributed by atoms with Crippen LogP contribution in [0.5, 0.6) is 5.75 Å². The lowest BCUT2D eigenvalue weighted by Gasteiger charge is -2.09. The van der Waals surface area contributed by atoms with Crippen molar-refractivity contribution in [3.05, 3.63) is 57.3 Å². The summed E-state index contributed by atoms with van der Waals surface area (Å²) in [7, 11) is 0. The number of fused-ring (bicyclic) bond motifs is 1. The average molecular weight is 326 g/mol. The van der Waals surface area contributed by atoms with Crippen LogP contribution in [-0.2, 0) is 12.8 Å². The van der Waals surface area contributed by atoms with Crippen LogP contribution in [0.3, 0.4) is 0 Å². The Labute approximate surface area is 132 Å². The molecule has 1 aliphatic heterocycles. The third-order valence-corrected chi connectivity index (χ3v) is 4.03. The molecule has 0 unspecified atom stereocenters. The fraction of sp³-hybridized carbons (Fsp3) is 0.250. The Kier molecular flexibility index (Phi) is 4.22. The molecule has 0 fully saturated rings. The first-order chi connectivity index (χ1) is 10.1. The van der Waals surface area contributed by atoms with Crippen LogP contribution >= 0.6 is 23.2 Å². The van der Waals surface area contributed by atoms with Crippen molar-refractivity contribution < 1.29 is 9.13 Å². The number of hydrogen-bond acceptors (Lipinski definition) is 2. The van der Waals surface area contributed by atoms with E-state index in [0.29, 0.717) is 0 Å². The second kappa shape index (κ2) is 6.12. The van der Waals surface area contributed by atoms with Gasteiger partial charge >= 0.3 is 0 Å². The minimum Gasteiger partial charge on any atom is -0.493 e. The molecular formula is C16H14Cl2FNO. The molecular weight excluding hydrogens is 312 g/mol. The van der Waals surface area contributed by atoms with E-state index in [1.165, 1.54) is 11.1 Å². The molecule has 5 heteroatoms. The molecule has 2 nitrogen and oxygen atoms in total. The predicted molar refractivity (Wildman–Crippen MR) is 84.3 cm³/mol. The van der Waals surface area contributed by atoms with E-state index in [4.69, 9.17) is 27.9 Å². The van der Waals surface area contributed by atoms with Gasteiger partial charge in [0.05, 0.1) is 16.7 Å². The van der Waals surface area contributed by atoms with Crippen LogP contribution in [0.4, 0.5) is 10.1 Å². The highest BCUT2D eigenvalue weighted by Crippen LogP contribution is 2.28. The van der Waals surface area contributed by atoms with Gasteiger partial charge in [0.25, 0.3) is 0 Å². The Morgan fingerprint density at radius 3 is 2.67 bits per heavy atom. The summed E-state index contributed by atoms with van der Waals surface area (Å²) < 4.78 is 18.8. The zero-order valence-corrected chi connectivity index (χ0v) is 12.8. The van der Waals surface area contributed by atoms with Crippen molar-refractivity contribution in [2.45, 2.75) is 12.8 Å². The predicted octanol–water partition coefficient (Wildman–Crippen LogP) is 4.72. The Bertz CT molecular complexity index is 652. The van der Waals surface area contributed by atoms with Crippen LogP contribution in [0.2, 0.25) is 10.0 Å². The van der Waals surface area contributed by atoms with Gasteiger partial charge in [0.1, 0.15) is 5.75 Å². The zero-order chi connectivity index (χ0) is 14.8. The quantitative estimate of drug-likeness (QED) is 0.821. The highest BCUT2D eigenvalue weighted by molar-refractivity contribution is 6.35. The number of hydrogen-bond donors (Lipinski definition) is 1. The molecule has 1 heterocycles. The third kappa shape index (κ3) is 3.25. The van der Waals surface area contributed by atoms with E-state index < -0.39 is 5.82 Å². The molecule has 1 N–H and O–H groups in total. The summed E-state index contributed by atoms with van der Waals surface area (Å²) in [6, 6.07) is 9.34. The van der Waals surface area contributed by atoms with E-state index >= 15 is 0 Å². The molecule has 0 saturated carbocycles. The molecule has 3 rings (SSSR count). The van der Waals surface area contributed by atoms with E-state index in [1.54, 1.807) is 12.1 Å². The summed E-state index contributed by atoms with van der Waals surface area (Å²) in [4.78, 5) is 0. The van der Waals surface area contributed by atoms with Gasteiger partial charge in [0.15, 0.2) is 5.82 Å². The van der Waals surface area contributed by atoms with E-state index in [2.05, 4.69) is 17.4 Å². The van der Waals surface area contributed by atoms with Crippen LogP contribution in [0.15, 0.2) is 30.3 Å². The van der Waals surface area contributed by atoms with Gasteiger partial charge < -0.3 is 10.1 Å². The van der Waals surface area contributed by atoms with Crippen molar-refractivity contribution in [2.75, 3.05) is 18.5 Å². The second-order valence-corrected chi connectivity index (χ2v) is 5.79. The molecule has 0 amide bonds. The van der Waals surface area contributed by atoms with Crippen molar-refractivity contribution in [3.8, 4) is 5.75 Å². The van der Waals surface area contributed by atoms with Gasteiger partial charge in [-0.2, -0.15) is 0 Å². The van der Waals surface area contributed by atoms with Gasteiger partial charge in [-0.15, -0.1) is 0 Å². The lowest BCUT2D eigenvalue weighted by molar-refractivity contribution is 0.357. The van der Waals surface area contributed by atoms with Crippen molar-refractivity contribution in [1.29, 1.82) is 0 Å². The molecule has 0 saturated heterocycles. The summed E-state index contributed by atoms with van der Waals surface area (Å²) in [5.41, 5.74) is 3.22. The first-order valence-corrected chi connectivity index (χ1v) is 7.52. The fourth-order valence-corrected chi connectivity index (χ4v) is 2.89. The molecule has 0 bridgehead atoms. The number of nitrogens with one attached hydrogen (secondary N) is 1. The normalized spacial score (nSPS) is 12.9. The number of ether oxygens (including phenoxy) is 1.